The number of methoxy groups -OCH3 is 1. The lowest BCUT2D eigenvalue weighted by molar-refractivity contribution is -0.126. The van der Waals surface area contributed by atoms with Crippen LogP contribution >= 0.6 is 11.6 Å². The fourth-order valence-corrected chi connectivity index (χ4v) is 15.2. The third kappa shape index (κ3) is 6.61. The molecule has 3 aromatic heterocycles. The highest BCUT2D eigenvalue weighted by Gasteiger charge is 2.47. The lowest BCUT2D eigenvalue weighted by atomic mass is 9.77. The first kappa shape index (κ1) is 33.7. The zero-order valence-corrected chi connectivity index (χ0v) is 29.8. The number of halogens is 1. The summed E-state index contributed by atoms with van der Waals surface area (Å²) in [6.07, 6.45) is 11.1. The molecule has 2 atom stereocenters. The van der Waals surface area contributed by atoms with Crippen molar-refractivity contribution in [1.29, 1.82) is 0 Å². The van der Waals surface area contributed by atoms with E-state index in [1.165, 1.54) is 31.4 Å². The number of carbonyl (C=O) groups is 1. The van der Waals surface area contributed by atoms with Crippen molar-refractivity contribution < 1.29 is 13.9 Å². The van der Waals surface area contributed by atoms with Crippen molar-refractivity contribution in [2.75, 3.05) is 7.11 Å². The second kappa shape index (κ2) is 14.3. The maximum atomic E-state index is 14.0. The van der Waals surface area contributed by atoms with E-state index in [2.05, 4.69) is 69.1 Å². The molecule has 1 N–H and O–H groups in total. The predicted molar refractivity (Wildman–Crippen MR) is 182 cm³/mol. The van der Waals surface area contributed by atoms with Crippen molar-refractivity contribution in [3.8, 4) is 17.2 Å². The van der Waals surface area contributed by atoms with Crippen molar-refractivity contribution in [1.82, 2.24) is 9.22 Å². The minimum atomic E-state index is -2.12. The minimum Gasteiger partial charge on any atom is -0.493 e. The minimum absolute atomic E-state index is 0.0699. The first-order valence-corrected chi connectivity index (χ1v) is 19.3. The number of carbonyl (C=O) groups excluding carboxylic acids is 1. The Bertz CT molecular complexity index is 1330. The summed E-state index contributed by atoms with van der Waals surface area (Å²) >= 11 is 7.02. The summed E-state index contributed by atoms with van der Waals surface area (Å²) in [6.45, 7) is 18.2. The van der Waals surface area contributed by atoms with Gasteiger partial charge in [0, 0.05) is 29.3 Å². The van der Waals surface area contributed by atoms with Gasteiger partial charge in [-0.15, -0.1) is 0 Å². The smallest absolute Gasteiger partial charge is 0.169 e. The molecule has 0 saturated carbocycles. The molecule has 7 heteroatoms. The summed E-state index contributed by atoms with van der Waals surface area (Å²) in [7, 11) is -0.423. The molecule has 3 aromatic rings. The normalized spacial score (nSPS) is 19.1. The molecule has 0 fully saturated rings. The molecule has 0 spiro atoms. The summed E-state index contributed by atoms with van der Waals surface area (Å²) < 4.78 is 15.5. The zero-order valence-electron chi connectivity index (χ0n) is 28.1. The van der Waals surface area contributed by atoms with E-state index >= 15 is 0 Å². The lowest BCUT2D eigenvalue weighted by Crippen LogP contribution is -2.52. The van der Waals surface area contributed by atoms with Crippen molar-refractivity contribution in [2.24, 2.45) is 11.8 Å². The van der Waals surface area contributed by atoms with Crippen LogP contribution in [-0.2, 0) is 11.2 Å². The van der Waals surface area contributed by atoms with E-state index in [1.54, 1.807) is 7.11 Å². The number of aryl methyl sites for hydroxylation is 1. The van der Waals surface area contributed by atoms with E-state index < -0.39 is 8.24 Å². The molecule has 0 radical (unpaired) electrons. The van der Waals surface area contributed by atoms with Crippen LogP contribution in [0, 0.1) is 11.8 Å². The average molecular weight is 627 g/mol. The Morgan fingerprint density at radius 1 is 0.953 bits per heavy atom. The monoisotopic (exact) mass is 626 g/mol. The molecule has 0 amide bonds. The molecule has 0 saturated heterocycles. The number of nitrogens with zero attached hydrogens (tertiary/aromatic N) is 1. The van der Waals surface area contributed by atoms with Crippen LogP contribution in [0.3, 0.4) is 0 Å². The number of furan rings is 1. The first-order chi connectivity index (χ1) is 20.4. The van der Waals surface area contributed by atoms with E-state index in [0.717, 1.165) is 42.8 Å². The molecule has 43 heavy (non-hydrogen) atoms. The van der Waals surface area contributed by atoms with Gasteiger partial charge in [-0.3, -0.25) is 4.79 Å². The zero-order chi connectivity index (χ0) is 31.5. The van der Waals surface area contributed by atoms with Gasteiger partial charge in [-0.1, -0.05) is 99.1 Å². The molecular formula is C36H55ClN2O3Si. The molecule has 0 aromatic carbocycles. The van der Waals surface area contributed by atoms with Gasteiger partial charge in [-0.2, -0.15) is 0 Å². The number of fused-ring (bicyclic) bond motifs is 2. The number of aromatic amines is 1. The number of rotatable bonds is 9. The SMILES string of the molecule is COc1cc(-c2c(Cl)ccn2[Si](C(C)C)(C(C)C)C(C)C)oc1[C@@H]1c2ccc([nH]2)CCCCCCCC[C@@H]1C(=O)C(C)C. The Kier molecular flexibility index (Phi) is 11.2. The van der Waals surface area contributed by atoms with Crippen LogP contribution in [0.2, 0.25) is 21.6 Å². The molecule has 1 aliphatic heterocycles. The summed E-state index contributed by atoms with van der Waals surface area (Å²) in [5, 5.41) is 0.689. The molecule has 4 heterocycles. The molecule has 4 rings (SSSR count). The number of hydrogen-bond donors (Lipinski definition) is 1. The van der Waals surface area contributed by atoms with Crippen molar-refractivity contribution in [2.45, 2.75) is 129 Å². The van der Waals surface area contributed by atoms with Crippen molar-refractivity contribution >= 4 is 25.6 Å². The van der Waals surface area contributed by atoms with E-state index in [-0.39, 0.29) is 23.5 Å². The Morgan fingerprint density at radius 3 is 2.19 bits per heavy atom. The highest BCUT2D eigenvalue weighted by atomic mass is 35.5. The topological polar surface area (TPSA) is 60.2 Å². The number of hydrogen-bond acceptors (Lipinski definition) is 3. The van der Waals surface area contributed by atoms with Gasteiger partial charge in [0.05, 0.1) is 23.7 Å². The average Bonchev–Trinajstić information content (AvgIpc) is 3.67. The largest absolute Gasteiger partial charge is 0.493 e. The molecule has 1 aliphatic rings. The van der Waals surface area contributed by atoms with Gasteiger partial charge in [0.2, 0.25) is 0 Å². The first-order valence-electron chi connectivity index (χ1n) is 16.7. The Labute approximate surface area is 266 Å². The Balaban J connectivity index is 1.93. The molecule has 238 valence electrons. The fraction of sp³-hybridized carbons (Fsp3) is 0.639. The number of H-pyrrole nitrogens is 1. The van der Waals surface area contributed by atoms with E-state index in [4.69, 9.17) is 20.8 Å². The van der Waals surface area contributed by atoms with Gasteiger partial charge in [0.1, 0.15) is 5.78 Å². The molecule has 2 bridgehead atoms. The van der Waals surface area contributed by atoms with Gasteiger partial charge in [-0.25, -0.2) is 0 Å². The predicted octanol–water partition coefficient (Wildman–Crippen LogP) is 11.0. The van der Waals surface area contributed by atoms with Gasteiger partial charge in [-0.05, 0) is 60.3 Å². The maximum Gasteiger partial charge on any atom is 0.169 e. The highest BCUT2D eigenvalue weighted by molar-refractivity contribution is 6.82. The van der Waals surface area contributed by atoms with Gasteiger partial charge < -0.3 is 18.4 Å². The van der Waals surface area contributed by atoms with Crippen LogP contribution in [0.5, 0.6) is 5.75 Å². The quantitative estimate of drug-likeness (QED) is 0.240. The number of nitrogens with one attached hydrogen (secondary N) is 1. The Morgan fingerprint density at radius 2 is 1.58 bits per heavy atom. The second-order valence-electron chi connectivity index (χ2n) is 14.0. The van der Waals surface area contributed by atoms with Crippen molar-refractivity contribution in [3.05, 3.63) is 52.6 Å². The maximum absolute atomic E-state index is 14.0. The van der Waals surface area contributed by atoms with Crippen molar-refractivity contribution in [3.63, 3.8) is 0 Å². The number of ketones is 1. The highest BCUT2D eigenvalue weighted by Crippen LogP contribution is 2.49. The van der Waals surface area contributed by atoms with E-state index in [9.17, 15) is 4.79 Å². The van der Waals surface area contributed by atoms with E-state index in [1.807, 2.05) is 26.0 Å². The molecular weight excluding hydrogens is 572 g/mol. The summed E-state index contributed by atoms with van der Waals surface area (Å²) in [5.41, 5.74) is 4.66. The molecule has 0 unspecified atom stereocenters. The lowest BCUT2D eigenvalue weighted by Gasteiger charge is -2.45. The van der Waals surface area contributed by atoms with Gasteiger partial charge in [0.25, 0.3) is 0 Å². The number of Topliss-reactive ketones (excluding diaryl/α,β-unsaturated/α-hetero) is 1. The number of ether oxygens (including phenoxy) is 1. The fourth-order valence-electron chi connectivity index (χ4n) is 8.30. The van der Waals surface area contributed by atoms with Crippen LogP contribution in [0.1, 0.15) is 123 Å². The number of aromatic nitrogens is 2. The van der Waals surface area contributed by atoms with Crippen LogP contribution in [0.25, 0.3) is 11.5 Å². The van der Waals surface area contributed by atoms with Gasteiger partial charge >= 0.3 is 0 Å². The molecule has 5 nitrogen and oxygen atoms in total. The standard InChI is InChI=1S/C36H55ClN2O3Si/c1-23(2)35(40)28-17-15-13-11-10-12-14-16-27-18-19-30(38-27)33(28)36-32(41-9)22-31(42-36)34-29(37)20-21-39(34)43(24(3)4,25(5)6)26(7)8/h18-26,28,33,38H,10-17H2,1-9H3/t28-,33-/m0/s1. The van der Waals surface area contributed by atoms with Crippen LogP contribution < -0.4 is 4.74 Å². The van der Waals surface area contributed by atoms with Gasteiger partial charge in [0.15, 0.2) is 25.5 Å². The van der Waals surface area contributed by atoms with E-state index in [0.29, 0.717) is 33.2 Å². The van der Waals surface area contributed by atoms with Crippen LogP contribution in [-0.4, -0.2) is 30.3 Å². The third-order valence-electron chi connectivity index (χ3n) is 10.1. The van der Waals surface area contributed by atoms with Crippen LogP contribution in [0.4, 0.5) is 0 Å². The summed E-state index contributed by atoms with van der Waals surface area (Å²) in [6, 6.07) is 8.38. The summed E-state index contributed by atoms with van der Waals surface area (Å²) in [4.78, 5) is 17.7. The Hall–Kier alpha value is -2.18. The summed E-state index contributed by atoms with van der Waals surface area (Å²) in [5.74, 6) is 1.84. The second-order valence-corrected chi connectivity index (χ2v) is 20.1. The molecule has 0 aliphatic carbocycles. The van der Waals surface area contributed by atoms with Crippen LogP contribution in [0.15, 0.2) is 34.9 Å². The third-order valence-corrected chi connectivity index (χ3v) is 17.2.